The summed E-state index contributed by atoms with van der Waals surface area (Å²) in [5.41, 5.74) is 5.84. The number of amides is 2. The SMILES string of the molecule is CCOC(=O)C(CCCNC(N)=O)Nc1ccccc1. The molecule has 1 unspecified atom stereocenters. The molecular weight excluding hydrogens is 258 g/mol. The molecule has 0 aliphatic carbocycles. The molecule has 2 amide bonds. The van der Waals surface area contributed by atoms with Crippen molar-refractivity contribution in [2.24, 2.45) is 5.73 Å². The van der Waals surface area contributed by atoms with Gasteiger partial charge in [0, 0.05) is 12.2 Å². The van der Waals surface area contributed by atoms with E-state index in [1.165, 1.54) is 0 Å². The summed E-state index contributed by atoms with van der Waals surface area (Å²) >= 11 is 0. The largest absolute Gasteiger partial charge is 0.464 e. The molecule has 0 radical (unpaired) electrons. The first kappa shape index (κ1) is 15.8. The van der Waals surface area contributed by atoms with E-state index in [1.54, 1.807) is 6.92 Å². The Hall–Kier alpha value is -2.24. The van der Waals surface area contributed by atoms with E-state index in [0.29, 0.717) is 26.0 Å². The van der Waals surface area contributed by atoms with Gasteiger partial charge in [-0.15, -0.1) is 0 Å². The first-order valence-electron chi connectivity index (χ1n) is 6.65. The number of benzene rings is 1. The highest BCUT2D eigenvalue weighted by Crippen LogP contribution is 2.11. The fraction of sp³-hybridized carbons (Fsp3) is 0.429. The van der Waals surface area contributed by atoms with Crippen LogP contribution in [0, 0.1) is 0 Å². The van der Waals surface area contributed by atoms with Crippen LogP contribution in [0.1, 0.15) is 19.8 Å². The number of primary amides is 1. The predicted molar refractivity (Wildman–Crippen MR) is 77.3 cm³/mol. The van der Waals surface area contributed by atoms with Gasteiger partial charge in [0.2, 0.25) is 0 Å². The number of carbonyl (C=O) groups is 2. The molecule has 0 bridgehead atoms. The van der Waals surface area contributed by atoms with Crippen LogP contribution in [0.3, 0.4) is 0 Å². The lowest BCUT2D eigenvalue weighted by molar-refractivity contribution is -0.144. The second-order valence-corrected chi connectivity index (χ2v) is 4.25. The average Bonchev–Trinajstić information content (AvgIpc) is 2.43. The van der Waals surface area contributed by atoms with Crippen LogP contribution in [0.4, 0.5) is 10.5 Å². The van der Waals surface area contributed by atoms with Crippen LogP contribution in [-0.2, 0) is 9.53 Å². The maximum Gasteiger partial charge on any atom is 0.328 e. The summed E-state index contributed by atoms with van der Waals surface area (Å²) in [4.78, 5) is 22.5. The number of carbonyl (C=O) groups excluding carboxylic acids is 2. The van der Waals surface area contributed by atoms with E-state index in [0.717, 1.165) is 5.69 Å². The van der Waals surface area contributed by atoms with Gasteiger partial charge >= 0.3 is 12.0 Å². The smallest absolute Gasteiger partial charge is 0.328 e. The summed E-state index contributed by atoms with van der Waals surface area (Å²) in [6.45, 7) is 2.54. The van der Waals surface area contributed by atoms with Crippen LogP contribution in [0.5, 0.6) is 0 Å². The lowest BCUT2D eigenvalue weighted by atomic mass is 10.1. The fourth-order valence-electron chi connectivity index (χ4n) is 1.75. The van der Waals surface area contributed by atoms with Crippen LogP contribution in [0.2, 0.25) is 0 Å². The number of para-hydroxylation sites is 1. The predicted octanol–water partition coefficient (Wildman–Crippen LogP) is 1.48. The molecule has 0 aliphatic rings. The molecule has 4 N–H and O–H groups in total. The van der Waals surface area contributed by atoms with Crippen molar-refractivity contribution in [3.63, 3.8) is 0 Å². The number of nitrogens with one attached hydrogen (secondary N) is 2. The van der Waals surface area contributed by atoms with Crippen molar-refractivity contribution in [2.45, 2.75) is 25.8 Å². The lowest BCUT2D eigenvalue weighted by Crippen LogP contribution is -2.34. The highest BCUT2D eigenvalue weighted by molar-refractivity contribution is 5.79. The molecule has 0 saturated heterocycles. The van der Waals surface area contributed by atoms with Crippen LogP contribution in [0.15, 0.2) is 30.3 Å². The third-order valence-corrected chi connectivity index (χ3v) is 2.65. The minimum absolute atomic E-state index is 0.296. The number of esters is 1. The van der Waals surface area contributed by atoms with Gasteiger partial charge in [0.25, 0.3) is 0 Å². The van der Waals surface area contributed by atoms with Crippen molar-refractivity contribution in [2.75, 3.05) is 18.5 Å². The van der Waals surface area contributed by atoms with Crippen LogP contribution in [0.25, 0.3) is 0 Å². The summed E-state index contributed by atoms with van der Waals surface area (Å²) < 4.78 is 5.04. The van der Waals surface area contributed by atoms with Crippen LogP contribution in [-0.4, -0.2) is 31.2 Å². The molecule has 20 heavy (non-hydrogen) atoms. The van der Waals surface area contributed by atoms with Crippen LogP contribution < -0.4 is 16.4 Å². The van der Waals surface area contributed by atoms with Gasteiger partial charge in [-0.2, -0.15) is 0 Å². The Labute approximate surface area is 118 Å². The van der Waals surface area contributed by atoms with E-state index < -0.39 is 12.1 Å². The number of nitrogens with two attached hydrogens (primary N) is 1. The first-order chi connectivity index (χ1) is 9.63. The van der Waals surface area contributed by atoms with E-state index in [-0.39, 0.29) is 5.97 Å². The number of hydrogen-bond acceptors (Lipinski definition) is 4. The number of urea groups is 1. The van der Waals surface area contributed by atoms with Gasteiger partial charge in [0.1, 0.15) is 6.04 Å². The van der Waals surface area contributed by atoms with Gasteiger partial charge in [-0.3, -0.25) is 0 Å². The minimum atomic E-state index is -0.561. The molecule has 0 aromatic heterocycles. The van der Waals surface area contributed by atoms with Gasteiger partial charge in [-0.25, -0.2) is 9.59 Å². The Bertz CT molecular complexity index is 423. The van der Waals surface area contributed by atoms with Crippen molar-refractivity contribution in [3.8, 4) is 0 Å². The fourth-order valence-corrected chi connectivity index (χ4v) is 1.75. The second-order valence-electron chi connectivity index (χ2n) is 4.25. The maximum atomic E-state index is 11.9. The summed E-state index contributed by atoms with van der Waals surface area (Å²) in [5, 5.41) is 5.63. The van der Waals surface area contributed by atoms with Crippen molar-refractivity contribution in [3.05, 3.63) is 30.3 Å². The van der Waals surface area contributed by atoms with E-state index in [1.807, 2.05) is 30.3 Å². The molecule has 0 fully saturated rings. The monoisotopic (exact) mass is 279 g/mol. The molecular formula is C14H21N3O3. The van der Waals surface area contributed by atoms with Gasteiger partial charge in [0.05, 0.1) is 6.61 Å². The molecule has 0 saturated carbocycles. The highest BCUT2D eigenvalue weighted by Gasteiger charge is 2.19. The Morgan fingerprint density at radius 2 is 2.00 bits per heavy atom. The zero-order chi connectivity index (χ0) is 14.8. The molecule has 110 valence electrons. The molecule has 0 heterocycles. The highest BCUT2D eigenvalue weighted by atomic mass is 16.5. The van der Waals surface area contributed by atoms with Gasteiger partial charge in [-0.1, -0.05) is 18.2 Å². The minimum Gasteiger partial charge on any atom is -0.464 e. The Morgan fingerprint density at radius 1 is 1.30 bits per heavy atom. The Balaban J connectivity index is 2.51. The summed E-state index contributed by atoms with van der Waals surface area (Å²) in [6.07, 6.45) is 1.18. The van der Waals surface area contributed by atoms with Gasteiger partial charge in [0.15, 0.2) is 0 Å². The maximum absolute atomic E-state index is 11.9. The summed E-state index contributed by atoms with van der Waals surface area (Å²) in [5.74, 6) is -0.296. The second kappa shape index (κ2) is 8.79. The van der Waals surface area contributed by atoms with Crippen LogP contribution >= 0.6 is 0 Å². The zero-order valence-corrected chi connectivity index (χ0v) is 11.6. The third kappa shape index (κ3) is 6.08. The molecule has 1 aromatic rings. The Morgan fingerprint density at radius 3 is 2.60 bits per heavy atom. The van der Waals surface area contributed by atoms with E-state index in [2.05, 4.69) is 10.6 Å². The normalized spacial score (nSPS) is 11.4. The molecule has 1 rings (SSSR count). The quantitative estimate of drug-likeness (QED) is 0.496. The van der Waals surface area contributed by atoms with E-state index in [9.17, 15) is 9.59 Å². The topological polar surface area (TPSA) is 93.4 Å². The molecule has 6 nitrogen and oxygen atoms in total. The standard InChI is InChI=1S/C14H21N3O3/c1-2-20-13(18)12(9-6-10-16-14(15)19)17-11-7-4-3-5-8-11/h3-5,7-8,12,17H,2,6,9-10H2,1H3,(H3,15,16,19). The van der Waals surface area contributed by atoms with Crippen molar-refractivity contribution in [1.29, 1.82) is 0 Å². The first-order valence-corrected chi connectivity index (χ1v) is 6.65. The molecule has 1 aromatic carbocycles. The van der Waals surface area contributed by atoms with E-state index >= 15 is 0 Å². The molecule has 6 heteroatoms. The molecule has 1 atom stereocenters. The van der Waals surface area contributed by atoms with Crippen molar-refractivity contribution < 1.29 is 14.3 Å². The number of ether oxygens (including phenoxy) is 1. The number of rotatable bonds is 8. The summed E-state index contributed by atoms with van der Waals surface area (Å²) in [7, 11) is 0. The van der Waals surface area contributed by atoms with Gasteiger partial charge < -0.3 is 21.1 Å². The lowest BCUT2D eigenvalue weighted by Gasteiger charge is -2.18. The third-order valence-electron chi connectivity index (χ3n) is 2.65. The van der Waals surface area contributed by atoms with E-state index in [4.69, 9.17) is 10.5 Å². The molecule has 0 aliphatic heterocycles. The zero-order valence-electron chi connectivity index (χ0n) is 11.6. The molecule has 0 spiro atoms. The Kier molecular flexibility index (Phi) is 6.95. The number of hydrogen-bond donors (Lipinski definition) is 3. The number of anilines is 1. The van der Waals surface area contributed by atoms with Crippen molar-refractivity contribution >= 4 is 17.7 Å². The van der Waals surface area contributed by atoms with Gasteiger partial charge in [-0.05, 0) is 31.9 Å². The average molecular weight is 279 g/mol. The van der Waals surface area contributed by atoms with Crippen molar-refractivity contribution in [1.82, 2.24) is 5.32 Å². The summed E-state index contributed by atoms with van der Waals surface area (Å²) in [6, 6.07) is 8.45.